The average molecular weight is 340 g/mol. The largest absolute Gasteiger partial charge is 0.347 e. The maximum absolute atomic E-state index is 12.2. The second kappa shape index (κ2) is 7.09. The van der Waals surface area contributed by atoms with Crippen molar-refractivity contribution in [3.8, 4) is 0 Å². The van der Waals surface area contributed by atoms with Crippen molar-refractivity contribution in [1.29, 1.82) is 0 Å². The molecule has 2 rings (SSSR count). The Labute approximate surface area is 135 Å². The van der Waals surface area contributed by atoms with Gasteiger partial charge in [-0.15, -0.1) is 0 Å². The van der Waals surface area contributed by atoms with Crippen LogP contribution in [0.1, 0.15) is 31.3 Å². The van der Waals surface area contributed by atoms with Gasteiger partial charge in [0.05, 0.1) is 6.04 Å². The Morgan fingerprint density at radius 3 is 2.64 bits per heavy atom. The molecule has 0 radical (unpaired) electrons. The van der Waals surface area contributed by atoms with Crippen molar-refractivity contribution in [2.24, 2.45) is 5.92 Å². The quantitative estimate of drug-likeness (QED) is 0.847. The molecule has 118 valence electrons. The molecule has 0 unspecified atom stereocenters. The van der Waals surface area contributed by atoms with Crippen molar-refractivity contribution in [2.75, 3.05) is 0 Å². The van der Waals surface area contributed by atoms with Gasteiger partial charge in [0.15, 0.2) is 0 Å². The summed E-state index contributed by atoms with van der Waals surface area (Å²) in [6, 6.07) is 6.63. The lowest BCUT2D eigenvalue weighted by Gasteiger charge is -2.19. The van der Waals surface area contributed by atoms with E-state index in [0.29, 0.717) is 16.4 Å². The van der Waals surface area contributed by atoms with Crippen LogP contribution in [0.3, 0.4) is 0 Å². The lowest BCUT2D eigenvalue weighted by molar-refractivity contribution is 0.449. The molecule has 7 heteroatoms. The summed E-state index contributed by atoms with van der Waals surface area (Å²) in [5.41, 5.74) is 0.647. The zero-order valence-electron chi connectivity index (χ0n) is 12.3. The predicted molar refractivity (Wildman–Crippen MR) is 88.7 cm³/mol. The summed E-state index contributed by atoms with van der Waals surface area (Å²) in [4.78, 5) is 7.07. The zero-order valence-corrected chi connectivity index (χ0v) is 13.9. The van der Waals surface area contributed by atoms with E-state index in [1.807, 2.05) is 13.8 Å². The minimum Gasteiger partial charge on any atom is -0.347 e. The minimum atomic E-state index is -3.62. The second-order valence-corrected chi connectivity index (χ2v) is 7.19. The Balaban J connectivity index is 2.18. The highest BCUT2D eigenvalue weighted by molar-refractivity contribution is 7.92. The fraction of sp³-hybridized carbons (Fsp3) is 0.267. The van der Waals surface area contributed by atoms with Crippen LogP contribution >= 0.6 is 11.6 Å². The summed E-state index contributed by atoms with van der Waals surface area (Å²) >= 11 is 6.01. The third-order valence-electron chi connectivity index (χ3n) is 3.10. The van der Waals surface area contributed by atoms with Crippen LogP contribution in [0.2, 0.25) is 5.02 Å². The molecule has 1 heterocycles. The molecule has 0 aliphatic rings. The lowest BCUT2D eigenvalue weighted by atomic mass is 10.1. The summed E-state index contributed by atoms with van der Waals surface area (Å²) in [6.45, 7) is 3.85. The van der Waals surface area contributed by atoms with E-state index in [1.165, 1.54) is 6.08 Å². The molecule has 0 saturated carbocycles. The summed E-state index contributed by atoms with van der Waals surface area (Å²) in [7, 11) is -3.62. The SMILES string of the molecule is CC(C)[C@H](NS(=O)(=O)/C=C/c1ccccc1Cl)c1ncc[nH]1. The van der Waals surface area contributed by atoms with E-state index in [1.54, 1.807) is 36.7 Å². The maximum Gasteiger partial charge on any atom is 0.234 e. The molecule has 0 saturated heterocycles. The van der Waals surface area contributed by atoms with E-state index in [-0.39, 0.29) is 5.92 Å². The number of nitrogens with zero attached hydrogens (tertiary/aromatic N) is 1. The number of hydrogen-bond acceptors (Lipinski definition) is 3. The number of sulfonamides is 1. The van der Waals surface area contributed by atoms with Crippen LogP contribution in [0.4, 0.5) is 0 Å². The Morgan fingerprint density at radius 2 is 2.05 bits per heavy atom. The molecule has 2 N–H and O–H groups in total. The molecule has 0 aliphatic carbocycles. The molecule has 1 atom stereocenters. The van der Waals surface area contributed by atoms with Gasteiger partial charge in [-0.1, -0.05) is 43.6 Å². The number of benzene rings is 1. The second-order valence-electron chi connectivity index (χ2n) is 5.18. The maximum atomic E-state index is 12.2. The van der Waals surface area contributed by atoms with Crippen LogP contribution < -0.4 is 4.72 Å². The number of imidazole rings is 1. The number of rotatable bonds is 6. The van der Waals surface area contributed by atoms with Crippen molar-refractivity contribution in [3.05, 3.63) is 58.5 Å². The Bertz CT molecular complexity index is 740. The van der Waals surface area contributed by atoms with Gasteiger partial charge in [0, 0.05) is 22.8 Å². The van der Waals surface area contributed by atoms with Crippen LogP contribution in [0, 0.1) is 5.92 Å². The first-order chi connectivity index (χ1) is 10.4. The number of aromatic nitrogens is 2. The number of halogens is 1. The van der Waals surface area contributed by atoms with E-state index < -0.39 is 16.1 Å². The Morgan fingerprint density at radius 1 is 1.32 bits per heavy atom. The topological polar surface area (TPSA) is 74.8 Å². The summed E-state index contributed by atoms with van der Waals surface area (Å²) < 4.78 is 27.1. The summed E-state index contributed by atoms with van der Waals surface area (Å²) in [6.07, 6.45) is 4.74. The van der Waals surface area contributed by atoms with Gasteiger partial charge in [-0.3, -0.25) is 0 Å². The molecule has 5 nitrogen and oxygen atoms in total. The molecule has 0 spiro atoms. The minimum absolute atomic E-state index is 0.0506. The molecule has 0 aliphatic heterocycles. The van der Waals surface area contributed by atoms with Gasteiger partial charge in [0.2, 0.25) is 10.0 Å². The van der Waals surface area contributed by atoms with E-state index in [0.717, 1.165) is 5.41 Å². The van der Waals surface area contributed by atoms with Crippen LogP contribution in [0.15, 0.2) is 42.1 Å². The van der Waals surface area contributed by atoms with Crippen LogP contribution in [-0.2, 0) is 10.0 Å². The van der Waals surface area contributed by atoms with Crippen LogP contribution in [0.5, 0.6) is 0 Å². The van der Waals surface area contributed by atoms with Gasteiger partial charge >= 0.3 is 0 Å². The van der Waals surface area contributed by atoms with Crippen molar-refractivity contribution in [1.82, 2.24) is 14.7 Å². The average Bonchev–Trinajstić information content (AvgIpc) is 2.98. The Hall–Kier alpha value is -1.63. The molecular weight excluding hydrogens is 322 g/mol. The molecular formula is C15H18ClN3O2S. The third kappa shape index (κ3) is 4.43. The van der Waals surface area contributed by atoms with Crippen molar-refractivity contribution >= 4 is 27.7 Å². The highest BCUT2D eigenvalue weighted by atomic mass is 35.5. The monoisotopic (exact) mass is 339 g/mol. The first-order valence-electron chi connectivity index (χ1n) is 6.83. The predicted octanol–water partition coefficient (Wildman–Crippen LogP) is 3.35. The van der Waals surface area contributed by atoms with Crippen molar-refractivity contribution < 1.29 is 8.42 Å². The first kappa shape index (κ1) is 16.7. The zero-order chi connectivity index (χ0) is 16.2. The normalized spacial score (nSPS) is 13.8. The van der Waals surface area contributed by atoms with E-state index >= 15 is 0 Å². The van der Waals surface area contributed by atoms with Gasteiger partial charge in [-0.2, -0.15) is 0 Å². The number of aromatic amines is 1. The molecule has 1 aromatic heterocycles. The molecule has 22 heavy (non-hydrogen) atoms. The van der Waals surface area contributed by atoms with E-state index in [9.17, 15) is 8.42 Å². The standard InChI is InChI=1S/C15H18ClN3O2S/c1-11(2)14(15-17-8-9-18-15)19-22(20,21)10-7-12-5-3-4-6-13(12)16/h3-11,14,19H,1-2H3,(H,17,18)/b10-7+/t14-/m0/s1. The van der Waals surface area contributed by atoms with Gasteiger partial charge in [0.25, 0.3) is 0 Å². The first-order valence-corrected chi connectivity index (χ1v) is 8.75. The van der Waals surface area contributed by atoms with Crippen molar-refractivity contribution in [2.45, 2.75) is 19.9 Å². The molecule has 0 bridgehead atoms. The molecule has 1 aromatic carbocycles. The number of H-pyrrole nitrogens is 1. The van der Waals surface area contributed by atoms with Crippen molar-refractivity contribution in [3.63, 3.8) is 0 Å². The Kier molecular flexibility index (Phi) is 5.39. The number of nitrogens with one attached hydrogen (secondary N) is 2. The van der Waals surface area contributed by atoms with Gasteiger partial charge in [-0.25, -0.2) is 18.1 Å². The van der Waals surface area contributed by atoms with Crippen LogP contribution in [0.25, 0.3) is 6.08 Å². The van der Waals surface area contributed by atoms with E-state index in [4.69, 9.17) is 11.6 Å². The lowest BCUT2D eigenvalue weighted by Crippen LogP contribution is -2.31. The fourth-order valence-corrected chi connectivity index (χ4v) is 3.29. The fourth-order valence-electron chi connectivity index (χ4n) is 1.94. The summed E-state index contributed by atoms with van der Waals surface area (Å²) in [5.74, 6) is 0.638. The highest BCUT2D eigenvalue weighted by Crippen LogP contribution is 2.20. The van der Waals surface area contributed by atoms with E-state index in [2.05, 4.69) is 14.7 Å². The molecule has 0 amide bonds. The third-order valence-corrected chi connectivity index (χ3v) is 4.52. The van der Waals surface area contributed by atoms with Gasteiger partial charge in [0.1, 0.15) is 5.82 Å². The highest BCUT2D eigenvalue weighted by Gasteiger charge is 2.22. The number of hydrogen-bond donors (Lipinski definition) is 2. The van der Waals surface area contributed by atoms with Crippen LogP contribution in [-0.4, -0.2) is 18.4 Å². The molecule has 2 aromatic rings. The van der Waals surface area contributed by atoms with Gasteiger partial charge in [-0.05, 0) is 23.6 Å². The van der Waals surface area contributed by atoms with Gasteiger partial charge < -0.3 is 4.98 Å². The smallest absolute Gasteiger partial charge is 0.234 e. The molecule has 0 fully saturated rings. The summed E-state index contributed by atoms with van der Waals surface area (Å²) in [5, 5.41) is 1.62.